The quantitative estimate of drug-likeness (QED) is 0.928. The molecule has 1 aromatic heterocycles. The van der Waals surface area contributed by atoms with Gasteiger partial charge in [0.25, 0.3) is 0 Å². The van der Waals surface area contributed by atoms with Crippen molar-refractivity contribution in [2.75, 3.05) is 19.6 Å². The van der Waals surface area contributed by atoms with E-state index in [4.69, 9.17) is 4.42 Å². The van der Waals surface area contributed by atoms with Crippen LogP contribution in [0.4, 0.5) is 0 Å². The number of benzene rings is 1. The number of halogens is 1. The van der Waals surface area contributed by atoms with Gasteiger partial charge in [0.2, 0.25) is 5.91 Å². The van der Waals surface area contributed by atoms with Crippen molar-refractivity contribution in [2.45, 2.75) is 19.9 Å². The number of nitrogens with one attached hydrogen (secondary N) is 1. The number of amides is 1. The minimum Gasteiger partial charge on any atom is -0.459 e. The number of rotatable bonds is 3. The SMILES string of the molecule is CC(C(=O)N1CCc2cc(-c3ccccc3)oc2C1)C1CNC1.Cl. The van der Waals surface area contributed by atoms with E-state index < -0.39 is 0 Å². The van der Waals surface area contributed by atoms with Crippen molar-refractivity contribution in [2.24, 2.45) is 11.8 Å². The van der Waals surface area contributed by atoms with E-state index in [1.54, 1.807) is 0 Å². The van der Waals surface area contributed by atoms with Gasteiger partial charge in [-0.1, -0.05) is 37.3 Å². The predicted octanol–water partition coefficient (Wildman–Crippen LogP) is 3.11. The zero-order valence-electron chi connectivity index (χ0n) is 13.8. The largest absolute Gasteiger partial charge is 0.459 e. The molecule has 5 heteroatoms. The molecule has 3 heterocycles. The first kappa shape index (κ1) is 17.1. The van der Waals surface area contributed by atoms with E-state index in [1.807, 2.05) is 23.1 Å². The lowest BCUT2D eigenvalue weighted by Crippen LogP contribution is -2.51. The lowest BCUT2D eigenvalue weighted by molar-refractivity contribution is -0.138. The summed E-state index contributed by atoms with van der Waals surface area (Å²) < 4.78 is 6.05. The van der Waals surface area contributed by atoms with Gasteiger partial charge < -0.3 is 14.6 Å². The number of nitrogens with zero attached hydrogens (tertiary/aromatic N) is 1. The second kappa shape index (κ2) is 6.99. The van der Waals surface area contributed by atoms with Crippen LogP contribution in [0.1, 0.15) is 18.2 Å². The second-order valence-electron chi connectivity index (χ2n) is 6.64. The molecule has 0 saturated carbocycles. The highest BCUT2D eigenvalue weighted by molar-refractivity contribution is 5.85. The van der Waals surface area contributed by atoms with Gasteiger partial charge >= 0.3 is 0 Å². The van der Waals surface area contributed by atoms with Gasteiger partial charge in [0.15, 0.2) is 0 Å². The number of fused-ring (bicyclic) bond motifs is 1. The van der Waals surface area contributed by atoms with Crippen molar-refractivity contribution < 1.29 is 9.21 Å². The lowest BCUT2D eigenvalue weighted by atomic mass is 9.87. The van der Waals surface area contributed by atoms with Gasteiger partial charge in [0.05, 0.1) is 6.54 Å². The molecule has 4 nitrogen and oxygen atoms in total. The number of hydrogen-bond acceptors (Lipinski definition) is 3. The fraction of sp³-hybridized carbons (Fsp3) is 0.421. The van der Waals surface area contributed by atoms with Crippen LogP contribution in [0.2, 0.25) is 0 Å². The highest BCUT2D eigenvalue weighted by atomic mass is 35.5. The van der Waals surface area contributed by atoms with Crippen LogP contribution in [0, 0.1) is 11.8 Å². The van der Waals surface area contributed by atoms with Crippen LogP contribution < -0.4 is 5.32 Å². The molecule has 2 aliphatic rings. The fourth-order valence-corrected chi connectivity index (χ4v) is 3.41. The third-order valence-corrected chi connectivity index (χ3v) is 5.16. The van der Waals surface area contributed by atoms with E-state index in [2.05, 4.69) is 30.4 Å². The topological polar surface area (TPSA) is 45.5 Å². The number of furan rings is 1. The Morgan fingerprint density at radius 3 is 2.71 bits per heavy atom. The Morgan fingerprint density at radius 1 is 1.29 bits per heavy atom. The van der Waals surface area contributed by atoms with E-state index in [0.717, 1.165) is 43.1 Å². The van der Waals surface area contributed by atoms with Gasteiger partial charge in [-0.3, -0.25) is 4.79 Å². The fourth-order valence-electron chi connectivity index (χ4n) is 3.41. The van der Waals surface area contributed by atoms with Crippen LogP contribution in [0.15, 0.2) is 40.8 Å². The van der Waals surface area contributed by atoms with E-state index in [9.17, 15) is 4.79 Å². The summed E-state index contributed by atoms with van der Waals surface area (Å²) in [5.41, 5.74) is 2.33. The van der Waals surface area contributed by atoms with E-state index >= 15 is 0 Å². The molecule has 128 valence electrons. The predicted molar refractivity (Wildman–Crippen MR) is 96.0 cm³/mol. The molecule has 1 fully saturated rings. The third kappa shape index (κ3) is 3.08. The Balaban J connectivity index is 0.00000169. The molecule has 0 bridgehead atoms. The Kier molecular flexibility index (Phi) is 4.97. The van der Waals surface area contributed by atoms with Crippen molar-refractivity contribution in [1.29, 1.82) is 0 Å². The van der Waals surface area contributed by atoms with Gasteiger partial charge in [0, 0.05) is 18.0 Å². The van der Waals surface area contributed by atoms with Crippen LogP contribution in [0.5, 0.6) is 0 Å². The van der Waals surface area contributed by atoms with E-state index in [0.29, 0.717) is 12.5 Å². The standard InChI is InChI=1S/C19H22N2O2.ClH/c1-13(16-10-20-11-16)19(22)21-8-7-15-9-17(23-18(15)12-21)14-5-3-2-4-6-14;/h2-6,9,13,16,20H,7-8,10-12H2,1H3;1H. The second-order valence-corrected chi connectivity index (χ2v) is 6.64. The molecule has 0 spiro atoms. The molecule has 1 unspecified atom stereocenters. The summed E-state index contributed by atoms with van der Waals surface area (Å²) in [6.07, 6.45) is 0.882. The molecule has 2 aromatic rings. The average molecular weight is 347 g/mol. The third-order valence-electron chi connectivity index (χ3n) is 5.16. The Bertz CT molecular complexity index is 709. The van der Waals surface area contributed by atoms with E-state index in [-0.39, 0.29) is 24.2 Å². The summed E-state index contributed by atoms with van der Waals surface area (Å²) in [5, 5.41) is 3.25. The summed E-state index contributed by atoms with van der Waals surface area (Å²) in [6.45, 7) is 5.38. The summed E-state index contributed by atoms with van der Waals surface area (Å²) in [4.78, 5) is 14.6. The Labute approximate surface area is 148 Å². The smallest absolute Gasteiger partial charge is 0.226 e. The molecule has 0 aliphatic carbocycles. The van der Waals surface area contributed by atoms with Crippen molar-refractivity contribution in [3.8, 4) is 11.3 Å². The van der Waals surface area contributed by atoms with Crippen LogP contribution in [-0.4, -0.2) is 30.4 Å². The molecule has 2 aliphatic heterocycles. The van der Waals surface area contributed by atoms with Crippen molar-refractivity contribution in [3.05, 3.63) is 47.7 Å². The highest BCUT2D eigenvalue weighted by Crippen LogP contribution is 2.30. The Hall–Kier alpha value is -1.78. The molecule has 1 atom stereocenters. The maximum Gasteiger partial charge on any atom is 0.226 e. The lowest BCUT2D eigenvalue weighted by Gasteiger charge is -2.36. The van der Waals surface area contributed by atoms with E-state index in [1.165, 1.54) is 5.56 Å². The molecule has 4 rings (SSSR count). The van der Waals surface area contributed by atoms with Crippen LogP contribution in [0.3, 0.4) is 0 Å². The molecule has 1 N–H and O–H groups in total. The van der Waals surface area contributed by atoms with Gasteiger partial charge in [0.1, 0.15) is 11.5 Å². The normalized spacial score (nSPS) is 18.3. The zero-order valence-corrected chi connectivity index (χ0v) is 14.6. The summed E-state index contributed by atoms with van der Waals surface area (Å²) in [6, 6.07) is 12.3. The van der Waals surface area contributed by atoms with Crippen molar-refractivity contribution >= 4 is 18.3 Å². The molecule has 1 amide bonds. The number of carbonyl (C=O) groups excluding carboxylic acids is 1. The first-order valence-corrected chi connectivity index (χ1v) is 8.39. The maximum atomic E-state index is 12.7. The summed E-state index contributed by atoms with van der Waals surface area (Å²) in [7, 11) is 0. The maximum absolute atomic E-state index is 12.7. The van der Waals surface area contributed by atoms with Gasteiger partial charge in [-0.15, -0.1) is 12.4 Å². The minimum absolute atomic E-state index is 0. The van der Waals surface area contributed by atoms with Gasteiger partial charge in [-0.25, -0.2) is 0 Å². The van der Waals surface area contributed by atoms with Crippen molar-refractivity contribution in [1.82, 2.24) is 10.2 Å². The van der Waals surface area contributed by atoms with Crippen LogP contribution >= 0.6 is 12.4 Å². The molecule has 0 radical (unpaired) electrons. The number of carbonyl (C=O) groups is 1. The summed E-state index contributed by atoms with van der Waals surface area (Å²) >= 11 is 0. The molecule has 24 heavy (non-hydrogen) atoms. The summed E-state index contributed by atoms with van der Waals surface area (Å²) in [5.74, 6) is 2.70. The minimum atomic E-state index is 0. The first-order valence-electron chi connectivity index (χ1n) is 8.39. The highest BCUT2D eigenvalue weighted by Gasteiger charge is 2.33. The van der Waals surface area contributed by atoms with Gasteiger partial charge in [-0.05, 0) is 37.1 Å². The van der Waals surface area contributed by atoms with Crippen LogP contribution in [0.25, 0.3) is 11.3 Å². The first-order chi connectivity index (χ1) is 11.2. The average Bonchev–Trinajstić information content (AvgIpc) is 2.96. The molecule has 1 saturated heterocycles. The number of hydrogen-bond donors (Lipinski definition) is 1. The monoisotopic (exact) mass is 346 g/mol. The van der Waals surface area contributed by atoms with Crippen LogP contribution in [-0.2, 0) is 17.8 Å². The molecule has 1 aromatic carbocycles. The Morgan fingerprint density at radius 2 is 2.04 bits per heavy atom. The molecular formula is C19H23ClN2O2. The van der Waals surface area contributed by atoms with Crippen molar-refractivity contribution in [3.63, 3.8) is 0 Å². The zero-order chi connectivity index (χ0) is 15.8. The van der Waals surface area contributed by atoms with Gasteiger partial charge in [-0.2, -0.15) is 0 Å². The molecular weight excluding hydrogens is 324 g/mol.